The Balaban J connectivity index is 1.46. The van der Waals surface area contributed by atoms with Gasteiger partial charge in [0.2, 0.25) is 17.7 Å². The second-order valence-corrected chi connectivity index (χ2v) is 6.76. The maximum absolute atomic E-state index is 12.5. The first-order chi connectivity index (χ1) is 11.0. The van der Waals surface area contributed by atoms with Crippen LogP contribution in [0.5, 0.6) is 0 Å². The number of benzene rings is 1. The van der Waals surface area contributed by atoms with Gasteiger partial charge in [-0.05, 0) is 36.5 Å². The summed E-state index contributed by atoms with van der Waals surface area (Å²) >= 11 is 5.87. The maximum Gasteiger partial charge on any atom is 0.244 e. The fourth-order valence-corrected chi connectivity index (χ4v) is 4.22. The third-order valence-electron chi connectivity index (χ3n) is 4.97. The number of likely N-dealkylation sites (tertiary alicyclic amines) is 1. The standard InChI is InChI=1S/C17H15ClN2O3/c18-11-2-1-3-12(7-11)19-13(21)8-20-16(22)14-9-4-5-10(6-9)15(14)17(20)23/h1-5,7,9-10,14-15H,6,8H2,(H,19,21)/t9-,10+,14-,15-/m0/s1. The van der Waals surface area contributed by atoms with E-state index in [0.717, 1.165) is 11.3 Å². The van der Waals surface area contributed by atoms with E-state index in [1.807, 2.05) is 12.2 Å². The Morgan fingerprint density at radius 1 is 1.17 bits per heavy atom. The van der Waals surface area contributed by atoms with Gasteiger partial charge in [-0.3, -0.25) is 19.3 Å². The number of nitrogens with one attached hydrogen (secondary N) is 1. The highest BCUT2D eigenvalue weighted by Gasteiger charge is 2.59. The topological polar surface area (TPSA) is 66.5 Å². The summed E-state index contributed by atoms with van der Waals surface area (Å²) in [6.07, 6.45) is 4.95. The molecule has 3 amide bonds. The number of carbonyl (C=O) groups is 3. The van der Waals surface area contributed by atoms with Crippen molar-refractivity contribution in [3.8, 4) is 0 Å². The Morgan fingerprint density at radius 2 is 1.83 bits per heavy atom. The van der Waals surface area contributed by atoms with Gasteiger partial charge in [-0.15, -0.1) is 0 Å². The second-order valence-electron chi connectivity index (χ2n) is 6.32. The van der Waals surface area contributed by atoms with Gasteiger partial charge in [-0.1, -0.05) is 29.8 Å². The molecule has 0 unspecified atom stereocenters. The van der Waals surface area contributed by atoms with E-state index in [2.05, 4.69) is 5.32 Å². The average molecular weight is 331 g/mol. The van der Waals surface area contributed by atoms with Gasteiger partial charge < -0.3 is 5.32 Å². The van der Waals surface area contributed by atoms with Crippen molar-refractivity contribution in [1.82, 2.24) is 4.90 Å². The van der Waals surface area contributed by atoms with Crippen LogP contribution >= 0.6 is 11.6 Å². The molecule has 118 valence electrons. The van der Waals surface area contributed by atoms with Crippen LogP contribution in [0.2, 0.25) is 5.02 Å². The van der Waals surface area contributed by atoms with E-state index >= 15 is 0 Å². The van der Waals surface area contributed by atoms with E-state index < -0.39 is 5.91 Å². The highest BCUT2D eigenvalue weighted by atomic mass is 35.5. The number of halogens is 1. The van der Waals surface area contributed by atoms with E-state index in [4.69, 9.17) is 11.6 Å². The van der Waals surface area contributed by atoms with Crippen LogP contribution < -0.4 is 5.32 Å². The lowest BCUT2D eigenvalue weighted by Gasteiger charge is -2.16. The molecule has 1 heterocycles. The zero-order valence-corrected chi connectivity index (χ0v) is 13.0. The molecule has 1 saturated carbocycles. The Kier molecular flexibility index (Phi) is 3.27. The van der Waals surface area contributed by atoms with Crippen LogP contribution in [0.4, 0.5) is 5.69 Å². The number of anilines is 1. The molecule has 23 heavy (non-hydrogen) atoms. The predicted octanol–water partition coefficient (Wildman–Crippen LogP) is 2.09. The smallest absolute Gasteiger partial charge is 0.244 e. The summed E-state index contributed by atoms with van der Waals surface area (Å²) in [7, 11) is 0. The van der Waals surface area contributed by atoms with Crippen LogP contribution in [0.25, 0.3) is 0 Å². The molecule has 2 bridgehead atoms. The molecular weight excluding hydrogens is 316 g/mol. The van der Waals surface area contributed by atoms with Crippen molar-refractivity contribution in [2.24, 2.45) is 23.7 Å². The SMILES string of the molecule is O=C(CN1C(=O)[C@@H]2[C@@H](C1=O)[C@H]1C=C[C@@H]2C1)Nc1cccc(Cl)c1. The average Bonchev–Trinajstić information content (AvgIpc) is 3.17. The molecule has 1 N–H and O–H groups in total. The molecule has 1 saturated heterocycles. The molecular formula is C17H15ClN2O3. The van der Waals surface area contributed by atoms with E-state index in [1.54, 1.807) is 24.3 Å². The fraction of sp³-hybridized carbons (Fsp3) is 0.353. The molecule has 4 atom stereocenters. The normalized spacial score (nSPS) is 30.9. The van der Waals surface area contributed by atoms with Crippen molar-refractivity contribution in [3.63, 3.8) is 0 Å². The minimum Gasteiger partial charge on any atom is -0.324 e. The van der Waals surface area contributed by atoms with Crippen LogP contribution in [0.1, 0.15) is 6.42 Å². The number of nitrogens with zero attached hydrogens (tertiary/aromatic N) is 1. The number of rotatable bonds is 3. The molecule has 0 radical (unpaired) electrons. The number of hydrogen-bond acceptors (Lipinski definition) is 3. The summed E-state index contributed by atoms with van der Waals surface area (Å²) in [4.78, 5) is 38.3. The van der Waals surface area contributed by atoms with Crippen molar-refractivity contribution in [2.75, 3.05) is 11.9 Å². The lowest BCUT2D eigenvalue weighted by atomic mass is 9.85. The molecule has 1 aromatic rings. The monoisotopic (exact) mass is 330 g/mol. The summed E-state index contributed by atoms with van der Waals surface area (Å²) in [5.74, 6) is -1.04. The summed E-state index contributed by atoms with van der Waals surface area (Å²) in [6.45, 7) is -0.239. The number of allylic oxidation sites excluding steroid dienone is 2. The van der Waals surface area contributed by atoms with Crippen molar-refractivity contribution < 1.29 is 14.4 Å². The van der Waals surface area contributed by atoms with Crippen LogP contribution in [0.15, 0.2) is 36.4 Å². The molecule has 6 heteroatoms. The van der Waals surface area contributed by atoms with Gasteiger partial charge in [-0.25, -0.2) is 0 Å². The van der Waals surface area contributed by atoms with Gasteiger partial charge in [-0.2, -0.15) is 0 Å². The Bertz CT molecular complexity index is 715. The minimum atomic E-state index is -0.394. The number of hydrogen-bond donors (Lipinski definition) is 1. The van der Waals surface area contributed by atoms with Crippen LogP contribution in [0, 0.1) is 23.7 Å². The molecule has 5 nitrogen and oxygen atoms in total. The van der Waals surface area contributed by atoms with Crippen molar-refractivity contribution in [3.05, 3.63) is 41.4 Å². The van der Waals surface area contributed by atoms with Crippen LogP contribution in [-0.4, -0.2) is 29.2 Å². The zero-order valence-electron chi connectivity index (χ0n) is 12.2. The highest BCUT2D eigenvalue weighted by Crippen LogP contribution is 2.52. The summed E-state index contributed by atoms with van der Waals surface area (Å²) in [5.41, 5.74) is 0.545. The third-order valence-corrected chi connectivity index (χ3v) is 5.21. The van der Waals surface area contributed by atoms with E-state index in [0.29, 0.717) is 10.7 Å². The van der Waals surface area contributed by atoms with Crippen LogP contribution in [0.3, 0.4) is 0 Å². The number of amides is 3. The quantitative estimate of drug-likeness (QED) is 0.681. The molecule has 2 fully saturated rings. The van der Waals surface area contributed by atoms with Crippen molar-refractivity contribution >= 4 is 35.0 Å². The molecule has 4 rings (SSSR count). The molecule has 1 aromatic carbocycles. The first-order valence-corrected chi connectivity index (χ1v) is 8.01. The minimum absolute atomic E-state index is 0.155. The van der Waals surface area contributed by atoms with E-state index in [1.165, 1.54) is 0 Å². The summed E-state index contributed by atoms with van der Waals surface area (Å²) in [6, 6.07) is 6.74. The van der Waals surface area contributed by atoms with Crippen molar-refractivity contribution in [1.29, 1.82) is 0 Å². The predicted molar refractivity (Wildman–Crippen MR) is 84.5 cm³/mol. The highest BCUT2D eigenvalue weighted by molar-refractivity contribution is 6.30. The lowest BCUT2D eigenvalue weighted by Crippen LogP contribution is -2.39. The lowest BCUT2D eigenvalue weighted by molar-refractivity contribution is -0.143. The Morgan fingerprint density at radius 3 is 2.43 bits per heavy atom. The van der Waals surface area contributed by atoms with Gasteiger partial charge in [0, 0.05) is 10.7 Å². The largest absolute Gasteiger partial charge is 0.324 e. The fourth-order valence-electron chi connectivity index (χ4n) is 4.03. The number of carbonyl (C=O) groups excluding carboxylic acids is 3. The second kappa shape index (κ2) is 5.20. The van der Waals surface area contributed by atoms with Crippen LogP contribution in [-0.2, 0) is 14.4 Å². The molecule has 0 aromatic heterocycles. The van der Waals surface area contributed by atoms with E-state index in [-0.39, 0.29) is 42.0 Å². The first-order valence-electron chi connectivity index (χ1n) is 7.63. The first kappa shape index (κ1) is 14.5. The molecule has 3 aliphatic rings. The van der Waals surface area contributed by atoms with Crippen molar-refractivity contribution in [2.45, 2.75) is 6.42 Å². The number of fused-ring (bicyclic) bond motifs is 5. The maximum atomic E-state index is 12.5. The molecule has 0 spiro atoms. The summed E-state index contributed by atoms with van der Waals surface area (Å²) < 4.78 is 0. The van der Waals surface area contributed by atoms with Gasteiger partial charge >= 0.3 is 0 Å². The van der Waals surface area contributed by atoms with Gasteiger partial charge in [0.15, 0.2) is 0 Å². The Labute approximate surface area is 138 Å². The van der Waals surface area contributed by atoms with Gasteiger partial charge in [0.25, 0.3) is 0 Å². The van der Waals surface area contributed by atoms with Gasteiger partial charge in [0.1, 0.15) is 6.54 Å². The Hall–Kier alpha value is -2.14. The molecule has 2 aliphatic carbocycles. The summed E-state index contributed by atoms with van der Waals surface area (Å²) in [5, 5.41) is 3.18. The molecule has 1 aliphatic heterocycles. The third kappa shape index (κ3) is 2.27. The van der Waals surface area contributed by atoms with Gasteiger partial charge in [0.05, 0.1) is 11.8 Å². The zero-order chi connectivity index (χ0) is 16.1. The number of imide groups is 1. The van der Waals surface area contributed by atoms with E-state index in [9.17, 15) is 14.4 Å².